The van der Waals surface area contributed by atoms with Gasteiger partial charge in [0.1, 0.15) is 17.9 Å². The van der Waals surface area contributed by atoms with Gasteiger partial charge in [0.25, 0.3) is 0 Å². The van der Waals surface area contributed by atoms with Gasteiger partial charge in [-0.3, -0.25) is 9.59 Å². The van der Waals surface area contributed by atoms with Crippen molar-refractivity contribution >= 4 is 33.9 Å². The number of methoxy groups -OCH3 is 1. The van der Waals surface area contributed by atoms with Crippen LogP contribution in [0.2, 0.25) is 0 Å². The zero-order valence-corrected chi connectivity index (χ0v) is 17.6. The molecule has 0 spiro atoms. The van der Waals surface area contributed by atoms with Gasteiger partial charge < -0.3 is 19.9 Å². The smallest absolute Gasteiger partial charge is 0.422 e. The minimum absolute atomic E-state index is 0.0312. The highest BCUT2D eigenvalue weighted by Crippen LogP contribution is 2.31. The Morgan fingerprint density at radius 2 is 1.83 bits per heavy atom. The Balaban J connectivity index is 3.27. The number of ether oxygens (including phenoxy) is 2. The van der Waals surface area contributed by atoms with Gasteiger partial charge in [0, 0.05) is 13.5 Å². The molecule has 0 fully saturated rings. The van der Waals surface area contributed by atoms with Gasteiger partial charge in [-0.15, -0.1) is 0 Å². The number of carbonyl (C=O) groups is 3. The first-order chi connectivity index (χ1) is 13.2. The molecule has 12 heteroatoms. The van der Waals surface area contributed by atoms with Crippen molar-refractivity contribution in [2.75, 3.05) is 18.0 Å². The maximum Gasteiger partial charge on any atom is 0.422 e. The van der Waals surface area contributed by atoms with E-state index in [1.54, 1.807) is 25.5 Å². The average Bonchev–Trinajstić information content (AvgIpc) is 2.55. The van der Waals surface area contributed by atoms with E-state index < -0.39 is 34.4 Å². The van der Waals surface area contributed by atoms with Crippen LogP contribution in [0.5, 0.6) is 5.75 Å². The van der Waals surface area contributed by atoms with Crippen molar-refractivity contribution in [1.29, 1.82) is 0 Å². The second-order valence-electron chi connectivity index (χ2n) is 6.93. The molecule has 0 bridgehead atoms. The second kappa shape index (κ2) is 9.45. The fourth-order valence-electron chi connectivity index (χ4n) is 2.15. The van der Waals surface area contributed by atoms with Gasteiger partial charge in [0.2, 0.25) is 5.91 Å². The number of hydrogen-bond acceptors (Lipinski definition) is 7. The summed E-state index contributed by atoms with van der Waals surface area (Å²) in [5.41, 5.74) is -0.480. The third-order valence-electron chi connectivity index (χ3n) is 3.23. The van der Waals surface area contributed by atoms with Crippen molar-refractivity contribution in [2.24, 2.45) is 0 Å². The Morgan fingerprint density at radius 3 is 2.31 bits per heavy atom. The molecule has 0 heterocycles. The summed E-state index contributed by atoms with van der Waals surface area (Å²) < 4.78 is 37.6. The highest BCUT2D eigenvalue weighted by Gasteiger charge is 2.31. The molecule has 3 N–H and O–H groups in total. The molecule has 162 valence electrons. The van der Waals surface area contributed by atoms with Crippen LogP contribution >= 0.6 is 0 Å². The van der Waals surface area contributed by atoms with E-state index in [4.69, 9.17) is 14.6 Å². The molecule has 0 aliphatic rings. The first-order valence-corrected chi connectivity index (χ1v) is 9.86. The number of carboxylic acids is 1. The molecule has 29 heavy (non-hydrogen) atoms. The van der Waals surface area contributed by atoms with E-state index in [0.717, 1.165) is 0 Å². The summed E-state index contributed by atoms with van der Waals surface area (Å²) in [5, 5.41) is 11.7. The van der Waals surface area contributed by atoms with E-state index in [1.807, 2.05) is 0 Å². The van der Waals surface area contributed by atoms with E-state index in [2.05, 4.69) is 5.32 Å². The van der Waals surface area contributed by atoms with Gasteiger partial charge in [-0.05, 0) is 38.5 Å². The number of rotatable bonds is 8. The molecular weight excluding hydrogens is 406 g/mol. The molecule has 1 rings (SSSR count). The highest BCUT2D eigenvalue weighted by atomic mass is 32.2. The maximum atomic E-state index is 12.7. The van der Waals surface area contributed by atoms with E-state index in [9.17, 15) is 22.8 Å². The molecule has 0 saturated heterocycles. The van der Waals surface area contributed by atoms with Gasteiger partial charge in [-0.2, -0.15) is 8.42 Å². The highest BCUT2D eigenvalue weighted by molar-refractivity contribution is 7.91. The number of benzene rings is 1. The molecule has 11 nitrogen and oxygen atoms in total. The fourth-order valence-corrected chi connectivity index (χ4v) is 3.20. The number of nitrogens with one attached hydrogen (secondary N) is 2. The lowest BCUT2D eigenvalue weighted by atomic mass is 10.2. The normalized spacial score (nSPS) is 11.3. The number of nitrogens with zero attached hydrogens (tertiary/aromatic N) is 1. The summed E-state index contributed by atoms with van der Waals surface area (Å²) in [4.78, 5) is 34.2. The van der Waals surface area contributed by atoms with Gasteiger partial charge in [-0.1, -0.05) is 6.07 Å². The van der Waals surface area contributed by atoms with Crippen LogP contribution in [0.15, 0.2) is 18.2 Å². The summed E-state index contributed by atoms with van der Waals surface area (Å²) in [7, 11) is -3.36. The Bertz CT molecular complexity index is 877. The third-order valence-corrected chi connectivity index (χ3v) is 4.57. The summed E-state index contributed by atoms with van der Waals surface area (Å²) in [6.07, 6.45) is -1.26. The summed E-state index contributed by atoms with van der Waals surface area (Å²) >= 11 is 0. The Kier molecular flexibility index (Phi) is 7.83. The zero-order valence-electron chi connectivity index (χ0n) is 16.8. The van der Waals surface area contributed by atoms with Crippen molar-refractivity contribution in [3.05, 3.63) is 23.8 Å². The molecule has 0 saturated carbocycles. The molecule has 0 aliphatic heterocycles. The van der Waals surface area contributed by atoms with Crippen molar-refractivity contribution in [3.63, 3.8) is 0 Å². The Labute approximate surface area is 169 Å². The SMILES string of the molecule is COc1cc(CNC(C)=O)ccc1N(CC(=O)O)S(=O)(=O)NC(=O)OC(C)(C)C. The van der Waals surface area contributed by atoms with E-state index in [-0.39, 0.29) is 23.9 Å². The van der Waals surface area contributed by atoms with Gasteiger partial charge in [-0.25, -0.2) is 13.8 Å². The number of aliphatic carboxylic acids is 1. The van der Waals surface area contributed by atoms with Crippen LogP contribution in [-0.2, 0) is 31.1 Å². The Hall–Kier alpha value is -3.02. The Morgan fingerprint density at radius 1 is 1.21 bits per heavy atom. The summed E-state index contributed by atoms with van der Waals surface area (Å²) in [6, 6.07) is 4.25. The predicted octanol–water partition coefficient (Wildman–Crippen LogP) is 0.992. The van der Waals surface area contributed by atoms with Crippen LogP contribution in [-0.4, -0.2) is 50.7 Å². The molecule has 0 atom stereocenters. The van der Waals surface area contributed by atoms with Gasteiger partial charge >= 0.3 is 22.3 Å². The predicted molar refractivity (Wildman–Crippen MR) is 104 cm³/mol. The van der Waals surface area contributed by atoms with Crippen molar-refractivity contribution in [2.45, 2.75) is 39.8 Å². The van der Waals surface area contributed by atoms with Crippen molar-refractivity contribution in [3.8, 4) is 5.75 Å². The summed E-state index contributed by atoms with van der Waals surface area (Å²) in [6.45, 7) is 5.17. The topological polar surface area (TPSA) is 151 Å². The van der Waals surface area contributed by atoms with Crippen LogP contribution in [0.3, 0.4) is 0 Å². The minimum atomic E-state index is -4.64. The standard InChI is InChI=1S/C17H25N3O8S/c1-11(21)18-9-12-6-7-13(14(8-12)27-5)20(10-15(22)23)29(25,26)19-16(24)28-17(2,3)4/h6-8H,9-10H2,1-5H3,(H,18,21)(H,19,24)(H,22,23). The van der Waals surface area contributed by atoms with Gasteiger partial charge in [0.05, 0.1) is 12.8 Å². The van der Waals surface area contributed by atoms with Crippen LogP contribution in [0.1, 0.15) is 33.3 Å². The monoisotopic (exact) mass is 431 g/mol. The second-order valence-corrected chi connectivity index (χ2v) is 8.52. The molecule has 0 aliphatic carbocycles. The lowest BCUT2D eigenvalue weighted by molar-refractivity contribution is -0.135. The molecule has 0 unspecified atom stereocenters. The van der Waals surface area contributed by atoms with Crippen LogP contribution < -0.4 is 19.1 Å². The molecule has 1 aromatic rings. The number of amides is 2. The molecule has 0 aromatic heterocycles. The van der Waals surface area contributed by atoms with E-state index >= 15 is 0 Å². The van der Waals surface area contributed by atoms with Crippen molar-refractivity contribution in [1.82, 2.24) is 10.0 Å². The first-order valence-electron chi connectivity index (χ1n) is 8.42. The maximum absolute atomic E-state index is 12.7. The van der Waals surface area contributed by atoms with Gasteiger partial charge in [0.15, 0.2) is 0 Å². The van der Waals surface area contributed by atoms with E-state index in [1.165, 1.54) is 32.2 Å². The zero-order chi connectivity index (χ0) is 22.4. The molecule has 1 aromatic carbocycles. The lowest BCUT2D eigenvalue weighted by Gasteiger charge is -2.26. The number of hydrogen-bond donors (Lipinski definition) is 3. The minimum Gasteiger partial charge on any atom is -0.495 e. The average molecular weight is 431 g/mol. The van der Waals surface area contributed by atoms with Crippen molar-refractivity contribution < 1.29 is 37.4 Å². The van der Waals surface area contributed by atoms with Crippen LogP contribution in [0, 0.1) is 0 Å². The lowest BCUT2D eigenvalue weighted by Crippen LogP contribution is -2.47. The number of carboxylic acid groups (broad SMARTS) is 1. The number of carbonyl (C=O) groups excluding carboxylic acids is 2. The third kappa shape index (κ3) is 7.86. The number of anilines is 1. The summed E-state index contributed by atoms with van der Waals surface area (Å²) in [5.74, 6) is -1.68. The van der Waals surface area contributed by atoms with Crippen LogP contribution in [0.4, 0.5) is 10.5 Å². The molecular formula is C17H25N3O8S. The molecule has 2 amide bonds. The first kappa shape index (κ1) is 24.0. The molecule has 0 radical (unpaired) electrons. The quantitative estimate of drug-likeness (QED) is 0.551. The fraction of sp³-hybridized carbons (Fsp3) is 0.471. The largest absolute Gasteiger partial charge is 0.495 e. The van der Waals surface area contributed by atoms with Crippen LogP contribution in [0.25, 0.3) is 0 Å². The van der Waals surface area contributed by atoms with E-state index in [0.29, 0.717) is 9.87 Å².